The quantitative estimate of drug-likeness (QED) is 0.644. The van der Waals surface area contributed by atoms with Crippen molar-refractivity contribution < 1.29 is 26.7 Å². The Kier molecular flexibility index (Phi) is 5.12. The summed E-state index contributed by atoms with van der Waals surface area (Å²) in [7, 11) is 0. The van der Waals surface area contributed by atoms with Crippen molar-refractivity contribution in [2.75, 3.05) is 0 Å². The minimum absolute atomic E-state index is 0.00590. The summed E-state index contributed by atoms with van der Waals surface area (Å²) in [6.07, 6.45) is 0.673. The minimum atomic E-state index is -4.32. The molecule has 0 saturated heterocycles. The lowest BCUT2D eigenvalue weighted by Gasteiger charge is -2.21. The molecule has 0 bridgehead atoms. The standard InChI is InChI=1S/C19H14F5N3O2/c1-8-12-5-10(20)3-4-14(12)27-17(28)15(8)19(23,24)18(29)26-9(2)16-13(22)6-11(21)7-25-16/h3-7,9H,1-2H3,(H,26,29)(H,27,28)/t9-/m1/s1. The summed E-state index contributed by atoms with van der Waals surface area (Å²) in [5.74, 6) is -9.02. The van der Waals surface area contributed by atoms with E-state index >= 15 is 0 Å². The molecule has 0 fully saturated rings. The van der Waals surface area contributed by atoms with Gasteiger partial charge in [-0.2, -0.15) is 8.78 Å². The highest BCUT2D eigenvalue weighted by molar-refractivity contribution is 5.89. The second-order valence-electron chi connectivity index (χ2n) is 6.43. The number of aromatic nitrogens is 2. The van der Waals surface area contributed by atoms with E-state index in [1.165, 1.54) is 13.0 Å². The fourth-order valence-electron chi connectivity index (χ4n) is 3.02. The molecule has 0 aliphatic heterocycles. The van der Waals surface area contributed by atoms with Crippen LogP contribution >= 0.6 is 0 Å². The molecule has 0 aliphatic carbocycles. The highest BCUT2D eigenvalue weighted by Gasteiger charge is 2.45. The van der Waals surface area contributed by atoms with Gasteiger partial charge in [-0.15, -0.1) is 0 Å². The zero-order chi connectivity index (χ0) is 21.5. The van der Waals surface area contributed by atoms with Crippen LogP contribution in [0.2, 0.25) is 0 Å². The summed E-state index contributed by atoms with van der Waals surface area (Å²) < 4.78 is 69.9. The average molecular weight is 411 g/mol. The lowest BCUT2D eigenvalue weighted by molar-refractivity contribution is -0.148. The van der Waals surface area contributed by atoms with Crippen molar-refractivity contribution in [3.63, 3.8) is 0 Å². The van der Waals surface area contributed by atoms with Crippen molar-refractivity contribution in [1.29, 1.82) is 0 Å². The van der Waals surface area contributed by atoms with Crippen molar-refractivity contribution in [3.8, 4) is 0 Å². The summed E-state index contributed by atoms with van der Waals surface area (Å²) in [6.45, 7) is 2.34. The van der Waals surface area contributed by atoms with E-state index in [0.29, 0.717) is 12.3 Å². The van der Waals surface area contributed by atoms with Crippen molar-refractivity contribution in [3.05, 3.63) is 75.1 Å². The van der Waals surface area contributed by atoms with Gasteiger partial charge in [-0.3, -0.25) is 14.6 Å². The Balaban J connectivity index is 1.99. The predicted molar refractivity (Wildman–Crippen MR) is 93.9 cm³/mol. The molecular formula is C19H14F5N3O2. The zero-order valence-corrected chi connectivity index (χ0v) is 15.1. The summed E-state index contributed by atoms with van der Waals surface area (Å²) in [5.41, 5.74) is -2.99. The number of aromatic amines is 1. The number of rotatable bonds is 4. The van der Waals surface area contributed by atoms with E-state index in [4.69, 9.17) is 0 Å². The van der Waals surface area contributed by atoms with E-state index in [0.717, 1.165) is 19.1 Å². The van der Waals surface area contributed by atoms with Crippen LogP contribution in [0.15, 0.2) is 35.3 Å². The highest BCUT2D eigenvalue weighted by atomic mass is 19.3. The Bertz CT molecular complexity index is 1180. The van der Waals surface area contributed by atoms with Crippen LogP contribution in [-0.4, -0.2) is 15.9 Å². The number of fused-ring (bicyclic) bond motifs is 1. The number of pyridine rings is 2. The number of carbonyl (C=O) groups excluding carboxylic acids is 1. The van der Waals surface area contributed by atoms with Gasteiger partial charge in [-0.25, -0.2) is 13.2 Å². The molecule has 10 heteroatoms. The van der Waals surface area contributed by atoms with E-state index in [-0.39, 0.29) is 16.5 Å². The number of H-pyrrole nitrogens is 1. The fraction of sp³-hybridized carbons (Fsp3) is 0.211. The van der Waals surface area contributed by atoms with Crippen LogP contribution in [0.5, 0.6) is 0 Å². The Morgan fingerprint density at radius 2 is 1.86 bits per heavy atom. The molecule has 2 N–H and O–H groups in total. The van der Waals surface area contributed by atoms with Gasteiger partial charge >= 0.3 is 5.92 Å². The summed E-state index contributed by atoms with van der Waals surface area (Å²) in [6, 6.07) is 2.38. The van der Waals surface area contributed by atoms with E-state index in [2.05, 4.69) is 9.97 Å². The summed E-state index contributed by atoms with van der Waals surface area (Å²) >= 11 is 0. The van der Waals surface area contributed by atoms with Gasteiger partial charge in [0.2, 0.25) is 0 Å². The number of carbonyl (C=O) groups is 1. The van der Waals surface area contributed by atoms with Crippen LogP contribution in [-0.2, 0) is 10.7 Å². The van der Waals surface area contributed by atoms with E-state index < -0.39 is 52.1 Å². The largest absolute Gasteiger partial charge is 0.355 e. The number of amides is 1. The lowest BCUT2D eigenvalue weighted by atomic mass is 9.99. The third-order valence-corrected chi connectivity index (χ3v) is 4.43. The van der Waals surface area contributed by atoms with Gasteiger partial charge in [0.15, 0.2) is 0 Å². The van der Waals surface area contributed by atoms with E-state index in [1.807, 2.05) is 5.32 Å². The van der Waals surface area contributed by atoms with Crippen LogP contribution in [0.3, 0.4) is 0 Å². The SMILES string of the molecule is Cc1c(C(F)(F)C(=O)N[C@H](C)c2ncc(F)cc2F)c(=O)[nH]c2ccc(F)cc12. The predicted octanol–water partition coefficient (Wildman–Crippen LogP) is 3.62. The number of nitrogens with one attached hydrogen (secondary N) is 2. The zero-order valence-electron chi connectivity index (χ0n) is 15.1. The van der Waals surface area contributed by atoms with E-state index in [1.54, 1.807) is 0 Å². The molecule has 3 aromatic rings. The molecule has 152 valence electrons. The molecule has 5 nitrogen and oxygen atoms in total. The molecule has 1 atom stereocenters. The fourth-order valence-corrected chi connectivity index (χ4v) is 3.02. The molecule has 2 heterocycles. The third kappa shape index (κ3) is 3.69. The van der Waals surface area contributed by atoms with Crippen LogP contribution < -0.4 is 10.9 Å². The smallest absolute Gasteiger partial charge is 0.342 e. The molecule has 29 heavy (non-hydrogen) atoms. The van der Waals surface area contributed by atoms with Crippen LogP contribution in [0.1, 0.15) is 29.8 Å². The van der Waals surface area contributed by atoms with E-state index in [9.17, 15) is 31.5 Å². The molecule has 0 saturated carbocycles. The van der Waals surface area contributed by atoms with Crippen molar-refractivity contribution >= 4 is 16.8 Å². The lowest BCUT2D eigenvalue weighted by Crippen LogP contribution is -2.43. The Morgan fingerprint density at radius 3 is 2.52 bits per heavy atom. The van der Waals surface area contributed by atoms with Crippen LogP contribution in [0.4, 0.5) is 22.0 Å². The van der Waals surface area contributed by atoms with Gasteiger partial charge in [-0.05, 0) is 37.6 Å². The summed E-state index contributed by atoms with van der Waals surface area (Å²) in [5, 5.41) is 1.87. The molecule has 3 rings (SSSR count). The molecule has 2 aromatic heterocycles. The third-order valence-electron chi connectivity index (χ3n) is 4.43. The molecular weight excluding hydrogens is 397 g/mol. The Hall–Kier alpha value is -3.30. The maximum Gasteiger partial charge on any atom is 0.355 e. The average Bonchev–Trinajstić information content (AvgIpc) is 2.62. The Morgan fingerprint density at radius 1 is 1.17 bits per heavy atom. The van der Waals surface area contributed by atoms with Gasteiger partial charge in [-0.1, -0.05) is 0 Å². The first-order chi connectivity index (χ1) is 13.5. The second kappa shape index (κ2) is 7.26. The van der Waals surface area contributed by atoms with Crippen molar-refractivity contribution in [2.45, 2.75) is 25.8 Å². The Labute approximate surface area is 160 Å². The van der Waals surface area contributed by atoms with Crippen molar-refractivity contribution in [1.82, 2.24) is 15.3 Å². The maximum atomic E-state index is 14.8. The normalized spacial score (nSPS) is 12.8. The van der Waals surface area contributed by atoms with Crippen LogP contribution in [0.25, 0.3) is 10.9 Å². The number of hydrogen-bond donors (Lipinski definition) is 2. The second-order valence-corrected chi connectivity index (χ2v) is 6.43. The molecule has 0 spiro atoms. The molecule has 0 unspecified atom stereocenters. The number of aryl methyl sites for hydroxylation is 1. The number of nitrogens with zero attached hydrogens (tertiary/aromatic N) is 1. The molecule has 0 aliphatic rings. The molecule has 1 aromatic carbocycles. The number of halogens is 5. The minimum Gasteiger partial charge on any atom is -0.342 e. The molecule has 1 amide bonds. The van der Waals surface area contributed by atoms with Crippen molar-refractivity contribution in [2.24, 2.45) is 0 Å². The number of hydrogen-bond acceptors (Lipinski definition) is 3. The van der Waals surface area contributed by atoms with Gasteiger partial charge in [0, 0.05) is 17.0 Å². The first kappa shape index (κ1) is 20.4. The topological polar surface area (TPSA) is 74.8 Å². The number of benzene rings is 1. The maximum absolute atomic E-state index is 14.8. The first-order valence-corrected chi connectivity index (χ1v) is 8.34. The number of alkyl halides is 2. The van der Waals surface area contributed by atoms with Gasteiger partial charge in [0.05, 0.1) is 23.5 Å². The van der Waals surface area contributed by atoms with Crippen LogP contribution in [0, 0.1) is 24.4 Å². The van der Waals surface area contributed by atoms with Gasteiger partial charge in [0.1, 0.15) is 17.5 Å². The highest BCUT2D eigenvalue weighted by Crippen LogP contribution is 2.32. The molecule has 0 radical (unpaired) electrons. The van der Waals surface area contributed by atoms with Gasteiger partial charge < -0.3 is 10.3 Å². The first-order valence-electron chi connectivity index (χ1n) is 8.34. The summed E-state index contributed by atoms with van der Waals surface area (Å²) in [4.78, 5) is 30.1. The van der Waals surface area contributed by atoms with Gasteiger partial charge in [0.25, 0.3) is 11.5 Å². The monoisotopic (exact) mass is 411 g/mol.